The van der Waals surface area contributed by atoms with Gasteiger partial charge in [-0.1, -0.05) is 132 Å². The molecular weight excluding hydrogens is 588 g/mol. The van der Waals surface area contributed by atoms with Crippen LogP contribution < -0.4 is 0 Å². The smallest absolute Gasteiger partial charge is 0.316 e. The molecule has 5 heteroatoms. The van der Waals surface area contributed by atoms with E-state index in [4.69, 9.17) is 9.47 Å². The van der Waals surface area contributed by atoms with E-state index in [1.165, 1.54) is 0 Å². The number of fused-ring (bicyclic) bond motifs is 1. The second-order valence-electron chi connectivity index (χ2n) is 11.9. The number of carbonyl (C=O) groups excluding carboxylic acids is 1. The van der Waals surface area contributed by atoms with Crippen LogP contribution in [-0.4, -0.2) is 35.2 Å². The SMILES string of the molecule is C[C@H]1C=C[C@H]2CCC[C@H](O)[C@@H]2[C@H]1CC[C@H](CCOC(c1ccccc1)(c1ccccc1)c1ccccc1)OC(=O)CBr. The van der Waals surface area contributed by atoms with Crippen LogP contribution in [0.5, 0.6) is 0 Å². The fourth-order valence-corrected chi connectivity index (χ4v) is 7.43. The Morgan fingerprint density at radius 3 is 2.00 bits per heavy atom. The number of carbonyl (C=O) groups is 1. The topological polar surface area (TPSA) is 55.8 Å². The van der Waals surface area contributed by atoms with Crippen LogP contribution in [0.1, 0.15) is 62.1 Å². The number of rotatable bonds is 12. The van der Waals surface area contributed by atoms with Crippen LogP contribution in [0, 0.1) is 23.7 Å². The lowest BCUT2D eigenvalue weighted by atomic mass is 9.62. The molecule has 0 spiro atoms. The summed E-state index contributed by atoms with van der Waals surface area (Å²) >= 11 is 3.28. The van der Waals surface area contributed by atoms with Gasteiger partial charge in [-0.05, 0) is 66.0 Å². The number of esters is 1. The number of ether oxygens (including phenoxy) is 2. The Kier molecular flexibility index (Phi) is 10.7. The molecule has 3 aromatic carbocycles. The van der Waals surface area contributed by atoms with E-state index in [0.29, 0.717) is 30.8 Å². The lowest BCUT2D eigenvalue weighted by molar-refractivity contribution is -0.147. The molecule has 5 rings (SSSR count). The third-order valence-corrected chi connectivity index (χ3v) is 9.79. The average molecular weight is 632 g/mol. The molecule has 0 aliphatic heterocycles. The van der Waals surface area contributed by atoms with Crippen molar-refractivity contribution in [3.05, 3.63) is 120 Å². The van der Waals surface area contributed by atoms with E-state index < -0.39 is 5.60 Å². The third-order valence-electron chi connectivity index (χ3n) is 9.34. The van der Waals surface area contributed by atoms with Gasteiger partial charge in [0.1, 0.15) is 17.0 Å². The molecular formula is C37H43BrO4. The molecule has 6 atom stereocenters. The maximum Gasteiger partial charge on any atom is 0.316 e. The molecule has 0 unspecified atom stereocenters. The molecule has 0 saturated heterocycles. The lowest BCUT2D eigenvalue weighted by Gasteiger charge is -2.44. The van der Waals surface area contributed by atoms with Crippen LogP contribution in [0.15, 0.2) is 103 Å². The molecule has 0 heterocycles. The summed E-state index contributed by atoms with van der Waals surface area (Å²) in [5.74, 6) is 1.24. The van der Waals surface area contributed by atoms with Crippen molar-refractivity contribution < 1.29 is 19.4 Å². The zero-order valence-corrected chi connectivity index (χ0v) is 26.1. The number of hydrogen-bond acceptors (Lipinski definition) is 4. The summed E-state index contributed by atoms with van der Waals surface area (Å²) in [5, 5.41) is 11.1. The maximum atomic E-state index is 12.5. The number of hydrogen-bond donors (Lipinski definition) is 1. The highest BCUT2D eigenvalue weighted by Crippen LogP contribution is 2.45. The minimum Gasteiger partial charge on any atom is -0.462 e. The molecule has 1 saturated carbocycles. The Morgan fingerprint density at radius 1 is 0.881 bits per heavy atom. The zero-order valence-electron chi connectivity index (χ0n) is 24.5. The van der Waals surface area contributed by atoms with Gasteiger partial charge in [0.05, 0.1) is 12.7 Å². The van der Waals surface area contributed by atoms with E-state index >= 15 is 0 Å². The molecule has 0 bridgehead atoms. The second-order valence-corrected chi connectivity index (χ2v) is 12.4. The van der Waals surface area contributed by atoms with Gasteiger partial charge in [0, 0.05) is 6.42 Å². The first-order valence-corrected chi connectivity index (χ1v) is 16.6. The van der Waals surface area contributed by atoms with Crippen LogP contribution in [-0.2, 0) is 19.9 Å². The second kappa shape index (κ2) is 14.6. The summed E-state index contributed by atoms with van der Waals surface area (Å²) in [6.07, 6.45) is 9.50. The quantitative estimate of drug-likeness (QED) is 0.0951. The summed E-state index contributed by atoms with van der Waals surface area (Å²) in [4.78, 5) is 12.5. The lowest BCUT2D eigenvalue weighted by Crippen LogP contribution is -2.41. The van der Waals surface area contributed by atoms with Crippen molar-refractivity contribution in [3.8, 4) is 0 Å². The Labute approximate surface area is 259 Å². The van der Waals surface area contributed by atoms with Crippen molar-refractivity contribution in [2.75, 3.05) is 11.9 Å². The maximum absolute atomic E-state index is 12.5. The fourth-order valence-electron chi connectivity index (χ4n) is 7.30. The van der Waals surface area contributed by atoms with Crippen molar-refractivity contribution in [1.29, 1.82) is 0 Å². The van der Waals surface area contributed by atoms with Crippen molar-refractivity contribution in [2.45, 2.75) is 63.3 Å². The summed E-state index contributed by atoms with van der Waals surface area (Å²) in [7, 11) is 0. The minimum atomic E-state index is -0.810. The van der Waals surface area contributed by atoms with Gasteiger partial charge in [0.2, 0.25) is 0 Å². The molecule has 0 aromatic heterocycles. The van der Waals surface area contributed by atoms with Crippen molar-refractivity contribution in [2.24, 2.45) is 23.7 Å². The highest BCUT2D eigenvalue weighted by atomic mass is 79.9. The van der Waals surface area contributed by atoms with Gasteiger partial charge >= 0.3 is 5.97 Å². The molecule has 0 amide bonds. The zero-order chi connectivity index (χ0) is 29.4. The number of halogens is 1. The average Bonchev–Trinajstić information content (AvgIpc) is 3.04. The highest BCUT2D eigenvalue weighted by molar-refractivity contribution is 9.09. The van der Waals surface area contributed by atoms with Crippen molar-refractivity contribution >= 4 is 21.9 Å². The van der Waals surface area contributed by atoms with E-state index in [-0.39, 0.29) is 29.4 Å². The van der Waals surface area contributed by atoms with Gasteiger partial charge < -0.3 is 14.6 Å². The van der Waals surface area contributed by atoms with E-state index in [9.17, 15) is 9.90 Å². The Balaban J connectivity index is 1.37. The van der Waals surface area contributed by atoms with Crippen LogP contribution in [0.25, 0.3) is 0 Å². The Bertz CT molecular complexity index is 1180. The van der Waals surface area contributed by atoms with E-state index in [1.54, 1.807) is 0 Å². The van der Waals surface area contributed by atoms with Gasteiger partial charge in [0.15, 0.2) is 0 Å². The Hall–Kier alpha value is -2.73. The van der Waals surface area contributed by atoms with Crippen molar-refractivity contribution in [3.63, 3.8) is 0 Å². The molecule has 0 radical (unpaired) electrons. The monoisotopic (exact) mass is 630 g/mol. The number of allylic oxidation sites excluding steroid dienone is 2. The Morgan fingerprint density at radius 2 is 1.45 bits per heavy atom. The van der Waals surface area contributed by atoms with Gasteiger partial charge in [-0.25, -0.2) is 0 Å². The van der Waals surface area contributed by atoms with Crippen LogP contribution in [0.3, 0.4) is 0 Å². The molecule has 4 nitrogen and oxygen atoms in total. The van der Waals surface area contributed by atoms with Crippen LogP contribution >= 0.6 is 15.9 Å². The first-order valence-electron chi connectivity index (χ1n) is 15.4. The first kappa shape index (κ1) is 30.7. The standard InChI is InChI=1S/C37H43BrO4/c1-27-20-21-28-12-11-19-34(39)36(28)33(27)23-22-32(42-35(40)26-38)24-25-41-37(29-13-5-2-6-14-29,30-15-7-3-8-16-30)31-17-9-4-10-18-31/h2-10,13-18,20-21,27-28,32-34,36,39H,11-12,19,22-26H2,1H3/t27-,28+,32+,33-,34-,36-/m0/s1. The van der Waals surface area contributed by atoms with Crippen LogP contribution in [0.2, 0.25) is 0 Å². The third kappa shape index (κ3) is 6.90. The van der Waals surface area contributed by atoms with Gasteiger partial charge in [-0.2, -0.15) is 0 Å². The first-order chi connectivity index (χ1) is 20.5. The molecule has 2 aliphatic rings. The highest BCUT2D eigenvalue weighted by Gasteiger charge is 2.41. The summed E-state index contributed by atoms with van der Waals surface area (Å²) in [6, 6.07) is 31.1. The van der Waals surface area contributed by atoms with Crippen molar-refractivity contribution in [1.82, 2.24) is 0 Å². The predicted molar refractivity (Wildman–Crippen MR) is 171 cm³/mol. The number of benzene rings is 3. The van der Waals surface area contributed by atoms with Gasteiger partial charge in [-0.3, -0.25) is 4.79 Å². The molecule has 222 valence electrons. The van der Waals surface area contributed by atoms with E-state index in [2.05, 4.69) is 71.4 Å². The number of aliphatic hydroxyl groups excluding tert-OH is 1. The molecule has 2 aliphatic carbocycles. The van der Waals surface area contributed by atoms with Crippen LogP contribution in [0.4, 0.5) is 0 Å². The summed E-state index contributed by atoms with van der Waals surface area (Å²) in [6.45, 7) is 2.67. The van der Waals surface area contributed by atoms with Gasteiger partial charge in [0.25, 0.3) is 0 Å². The summed E-state index contributed by atoms with van der Waals surface area (Å²) in [5.41, 5.74) is 2.35. The minimum absolute atomic E-state index is 0.165. The largest absolute Gasteiger partial charge is 0.462 e. The number of alkyl halides is 1. The fraction of sp³-hybridized carbons (Fsp3) is 0.432. The van der Waals surface area contributed by atoms with E-state index in [1.807, 2.05) is 54.6 Å². The molecule has 1 N–H and O–H groups in total. The molecule has 3 aromatic rings. The predicted octanol–water partition coefficient (Wildman–Crippen LogP) is 8.07. The molecule has 1 fully saturated rings. The van der Waals surface area contributed by atoms with E-state index in [0.717, 1.165) is 48.8 Å². The number of aliphatic hydroxyl groups is 1. The summed E-state index contributed by atoms with van der Waals surface area (Å²) < 4.78 is 13.0. The molecule has 42 heavy (non-hydrogen) atoms. The van der Waals surface area contributed by atoms with Gasteiger partial charge in [-0.15, -0.1) is 0 Å². The normalized spacial score (nSPS) is 24.5.